The molecule has 1 aliphatic heterocycles. The molecule has 0 aromatic carbocycles. The summed E-state index contributed by atoms with van der Waals surface area (Å²) in [5.41, 5.74) is -2.94. The van der Waals surface area contributed by atoms with Crippen LogP contribution in [0.15, 0.2) is 0 Å². The Hall–Kier alpha value is -0.350. The van der Waals surface area contributed by atoms with Crippen LogP contribution < -0.4 is 0 Å². The molecule has 0 aromatic heterocycles. The van der Waals surface area contributed by atoms with E-state index in [1.807, 2.05) is 0 Å². The Balaban J connectivity index is 3.03. The number of alkyl halides is 2. The van der Waals surface area contributed by atoms with Gasteiger partial charge in [-0.05, 0) is 0 Å². The number of hydrogen-bond donors (Lipinski definition) is 2. The van der Waals surface area contributed by atoms with Gasteiger partial charge in [0.25, 0.3) is 0 Å². The molecule has 2 N–H and O–H groups in total. The van der Waals surface area contributed by atoms with Crippen molar-refractivity contribution in [3.63, 3.8) is 0 Å². The summed E-state index contributed by atoms with van der Waals surface area (Å²) >= 11 is 0. The van der Waals surface area contributed by atoms with Gasteiger partial charge >= 0.3 is 5.92 Å². The molecule has 0 amide bonds. The minimum Gasteiger partial charge on any atom is -0.746 e. The fraction of sp³-hybridized carbons (Fsp3) is 1.00. The van der Waals surface area contributed by atoms with Gasteiger partial charge in [-0.2, -0.15) is 8.78 Å². The van der Waals surface area contributed by atoms with Crippen molar-refractivity contribution in [2.45, 2.75) is 23.6 Å². The molecule has 1 rings (SSSR count). The van der Waals surface area contributed by atoms with Gasteiger partial charge in [0.2, 0.25) is 5.44 Å². The molecule has 0 bridgehead atoms. The molecule has 14 heavy (non-hydrogen) atoms. The normalized spacial score (nSPS) is 37.4. The number of hydrogen-bond acceptors (Lipinski definition) is 6. The van der Waals surface area contributed by atoms with E-state index in [2.05, 4.69) is 4.74 Å². The quantitative estimate of drug-likeness (QED) is 0.547. The van der Waals surface area contributed by atoms with Gasteiger partial charge < -0.3 is 19.5 Å². The standard InChI is InChI=1S/C5H8F2O6S/c6-5(7)3(9)2(1-8)13-4(5)14(10,11)12/h2-4,8-9H,1H2,(H,10,11,12)/p-1/t2-,3-,4?/m1/s1. The van der Waals surface area contributed by atoms with Crippen molar-refractivity contribution in [3.8, 4) is 0 Å². The number of halogens is 2. The second-order valence-corrected chi connectivity index (χ2v) is 4.21. The van der Waals surface area contributed by atoms with Crippen LogP contribution in [0.25, 0.3) is 0 Å². The fourth-order valence-electron chi connectivity index (χ4n) is 1.11. The summed E-state index contributed by atoms with van der Waals surface area (Å²) in [6.07, 6.45) is -4.26. The third-order valence-corrected chi connectivity index (χ3v) is 2.75. The highest BCUT2D eigenvalue weighted by atomic mass is 32.2. The van der Waals surface area contributed by atoms with Gasteiger partial charge in [0.05, 0.1) is 6.61 Å². The Labute approximate surface area is 77.9 Å². The number of rotatable bonds is 2. The third-order valence-electron chi connectivity index (χ3n) is 1.80. The van der Waals surface area contributed by atoms with Gasteiger partial charge in [0, 0.05) is 0 Å². The van der Waals surface area contributed by atoms with E-state index in [-0.39, 0.29) is 0 Å². The third kappa shape index (κ3) is 1.73. The smallest absolute Gasteiger partial charge is 0.314 e. The Morgan fingerprint density at radius 2 is 2.00 bits per heavy atom. The van der Waals surface area contributed by atoms with Crippen molar-refractivity contribution in [2.24, 2.45) is 0 Å². The van der Waals surface area contributed by atoms with Crippen LogP contribution in [0.5, 0.6) is 0 Å². The summed E-state index contributed by atoms with van der Waals surface area (Å²) in [4.78, 5) is 0. The Kier molecular flexibility index (Phi) is 2.80. The average molecular weight is 233 g/mol. The molecule has 1 heterocycles. The topological polar surface area (TPSA) is 107 Å². The second kappa shape index (κ2) is 3.35. The van der Waals surface area contributed by atoms with Gasteiger partial charge in [-0.3, -0.25) is 0 Å². The van der Waals surface area contributed by atoms with E-state index in [0.717, 1.165) is 0 Å². The first-order chi connectivity index (χ1) is 6.21. The van der Waals surface area contributed by atoms with E-state index in [1.165, 1.54) is 0 Å². The van der Waals surface area contributed by atoms with Gasteiger partial charge in [-0.15, -0.1) is 0 Å². The van der Waals surface area contributed by atoms with E-state index in [4.69, 9.17) is 10.2 Å². The van der Waals surface area contributed by atoms with Crippen LogP contribution in [0.4, 0.5) is 8.78 Å². The summed E-state index contributed by atoms with van der Waals surface area (Å²) in [5.74, 6) is -4.20. The van der Waals surface area contributed by atoms with E-state index in [1.54, 1.807) is 0 Å². The zero-order chi connectivity index (χ0) is 11.1. The van der Waals surface area contributed by atoms with Crippen LogP contribution in [0, 0.1) is 0 Å². The molecule has 1 fully saturated rings. The van der Waals surface area contributed by atoms with Gasteiger partial charge in [-0.25, -0.2) is 8.42 Å². The van der Waals surface area contributed by atoms with Crippen LogP contribution in [0.2, 0.25) is 0 Å². The first kappa shape index (κ1) is 11.7. The van der Waals surface area contributed by atoms with E-state index in [0.29, 0.717) is 0 Å². The van der Waals surface area contributed by atoms with E-state index in [9.17, 15) is 21.8 Å². The van der Waals surface area contributed by atoms with Crippen LogP contribution in [0.1, 0.15) is 0 Å². The Morgan fingerprint density at radius 1 is 1.50 bits per heavy atom. The zero-order valence-corrected chi connectivity index (χ0v) is 7.45. The van der Waals surface area contributed by atoms with Crippen LogP contribution in [0.3, 0.4) is 0 Å². The average Bonchev–Trinajstić information content (AvgIpc) is 2.23. The van der Waals surface area contributed by atoms with Crippen molar-refractivity contribution in [1.82, 2.24) is 0 Å². The monoisotopic (exact) mass is 233 g/mol. The predicted octanol–water partition coefficient (Wildman–Crippen LogP) is -1.75. The summed E-state index contributed by atoms with van der Waals surface area (Å²) in [6, 6.07) is 0. The van der Waals surface area contributed by atoms with Crippen molar-refractivity contribution in [3.05, 3.63) is 0 Å². The van der Waals surface area contributed by atoms with Crippen LogP contribution in [-0.4, -0.2) is 53.4 Å². The highest BCUT2D eigenvalue weighted by Crippen LogP contribution is 2.38. The highest BCUT2D eigenvalue weighted by Gasteiger charge is 2.61. The maximum absolute atomic E-state index is 12.9. The molecule has 0 saturated carbocycles. The summed E-state index contributed by atoms with van der Waals surface area (Å²) < 4.78 is 60.7. The molecular weight excluding hydrogens is 226 g/mol. The van der Waals surface area contributed by atoms with Crippen LogP contribution >= 0.6 is 0 Å². The number of ether oxygens (including phenoxy) is 1. The van der Waals surface area contributed by atoms with Crippen molar-refractivity contribution >= 4 is 10.1 Å². The molecule has 3 atom stereocenters. The maximum Gasteiger partial charge on any atom is 0.314 e. The molecular formula is C5H7F2O6S-. The SMILES string of the molecule is O=S(=O)([O-])C1O[C@H](CO)[C@@H](O)C1(F)F. The number of aliphatic hydroxyl groups excluding tert-OH is 2. The fourth-order valence-corrected chi connectivity index (χ4v) is 1.92. The molecule has 0 radical (unpaired) electrons. The molecule has 9 heteroatoms. The molecule has 1 unspecified atom stereocenters. The minimum absolute atomic E-state index is 0.997. The first-order valence-corrected chi connectivity index (χ1v) is 4.95. The molecule has 84 valence electrons. The van der Waals surface area contributed by atoms with E-state index < -0.39 is 40.3 Å². The predicted molar refractivity (Wildman–Crippen MR) is 36.4 cm³/mol. The lowest BCUT2D eigenvalue weighted by molar-refractivity contribution is -0.0928. The first-order valence-electron chi connectivity index (χ1n) is 3.48. The Bertz CT molecular complexity index is 314. The molecule has 1 saturated heterocycles. The Morgan fingerprint density at radius 3 is 2.21 bits per heavy atom. The lowest BCUT2D eigenvalue weighted by atomic mass is 10.1. The largest absolute Gasteiger partial charge is 0.746 e. The molecule has 6 nitrogen and oxygen atoms in total. The molecule has 0 aliphatic carbocycles. The second-order valence-electron chi connectivity index (χ2n) is 2.80. The van der Waals surface area contributed by atoms with Gasteiger partial charge in [0.1, 0.15) is 22.3 Å². The van der Waals surface area contributed by atoms with Crippen molar-refractivity contribution < 1.29 is 36.7 Å². The summed E-state index contributed by atoms with van der Waals surface area (Å²) in [7, 11) is -5.38. The van der Waals surface area contributed by atoms with Gasteiger partial charge in [0.15, 0.2) is 0 Å². The summed E-state index contributed by atoms with van der Waals surface area (Å²) in [6.45, 7) is -0.997. The van der Waals surface area contributed by atoms with E-state index >= 15 is 0 Å². The molecule has 1 aliphatic rings. The molecule has 0 spiro atoms. The number of aliphatic hydroxyl groups is 2. The van der Waals surface area contributed by atoms with Gasteiger partial charge in [-0.1, -0.05) is 0 Å². The lowest BCUT2D eigenvalue weighted by Crippen LogP contribution is -2.43. The van der Waals surface area contributed by atoms with Crippen molar-refractivity contribution in [2.75, 3.05) is 6.61 Å². The van der Waals surface area contributed by atoms with Crippen LogP contribution in [-0.2, 0) is 14.9 Å². The maximum atomic E-state index is 12.9. The lowest BCUT2D eigenvalue weighted by Gasteiger charge is -2.21. The molecule has 0 aromatic rings. The highest BCUT2D eigenvalue weighted by molar-refractivity contribution is 7.86. The zero-order valence-electron chi connectivity index (χ0n) is 6.63. The van der Waals surface area contributed by atoms with Crippen molar-refractivity contribution in [1.29, 1.82) is 0 Å². The summed E-state index contributed by atoms with van der Waals surface area (Å²) in [5, 5.41) is 17.2. The minimum atomic E-state index is -5.38.